The van der Waals surface area contributed by atoms with Gasteiger partial charge in [0.1, 0.15) is 22.2 Å². The van der Waals surface area contributed by atoms with Gasteiger partial charge in [-0.15, -0.1) is 0 Å². The first-order valence-electron chi connectivity index (χ1n) is 5.25. The molecule has 0 fully saturated rings. The molecule has 0 spiro atoms. The number of pyridine rings is 1. The fourth-order valence-electron chi connectivity index (χ4n) is 1.25. The van der Waals surface area contributed by atoms with E-state index in [1.54, 1.807) is 18.3 Å². The van der Waals surface area contributed by atoms with E-state index >= 15 is 0 Å². The number of hydrogen-bond acceptors (Lipinski definition) is 5. The highest BCUT2D eigenvalue weighted by Crippen LogP contribution is 2.36. The molecule has 2 rings (SSSR count). The zero-order chi connectivity index (χ0) is 13.0. The Kier molecular flexibility index (Phi) is 4.79. The van der Waals surface area contributed by atoms with Gasteiger partial charge >= 0.3 is 0 Å². The summed E-state index contributed by atoms with van der Waals surface area (Å²) in [4.78, 5) is 12.6. The second-order valence-electron chi connectivity index (χ2n) is 3.26. The molecule has 0 aliphatic carbocycles. The molecule has 0 atom stereocenters. The lowest BCUT2D eigenvalue weighted by Gasteiger charge is -2.08. The Morgan fingerprint density at radius 3 is 2.89 bits per heavy atom. The van der Waals surface area contributed by atoms with Crippen LogP contribution in [0.1, 0.15) is 6.92 Å². The molecule has 94 valence electrons. The average molecular weight is 346 g/mol. The minimum atomic E-state index is 0.609. The molecule has 4 nitrogen and oxygen atoms in total. The van der Waals surface area contributed by atoms with E-state index in [9.17, 15) is 0 Å². The average Bonchev–Trinajstić information content (AvgIpc) is 2.37. The lowest BCUT2D eigenvalue weighted by molar-refractivity contribution is 1.00. The Morgan fingerprint density at radius 1 is 1.33 bits per heavy atom. The van der Waals surface area contributed by atoms with Crippen LogP contribution in [0.25, 0.3) is 0 Å². The van der Waals surface area contributed by atoms with Crippen molar-refractivity contribution in [3.05, 3.63) is 34.2 Å². The van der Waals surface area contributed by atoms with Crippen molar-refractivity contribution < 1.29 is 0 Å². The van der Waals surface area contributed by atoms with Crippen molar-refractivity contribution in [1.29, 1.82) is 0 Å². The van der Waals surface area contributed by atoms with Crippen molar-refractivity contribution >= 4 is 45.1 Å². The third kappa shape index (κ3) is 3.13. The number of hydrogen-bond donors (Lipinski definition) is 1. The van der Waals surface area contributed by atoms with Crippen LogP contribution in [0.5, 0.6) is 0 Å². The van der Waals surface area contributed by atoms with Crippen LogP contribution in [0.15, 0.2) is 39.2 Å². The molecule has 0 radical (unpaired) electrons. The van der Waals surface area contributed by atoms with Gasteiger partial charge in [0.05, 0.1) is 9.50 Å². The summed E-state index contributed by atoms with van der Waals surface area (Å²) >= 11 is 11.0. The molecule has 1 N–H and O–H groups in total. The molecule has 0 amide bonds. The van der Waals surface area contributed by atoms with Gasteiger partial charge in [0.25, 0.3) is 0 Å². The monoisotopic (exact) mass is 344 g/mol. The van der Waals surface area contributed by atoms with E-state index in [-0.39, 0.29) is 0 Å². The molecule has 2 aromatic rings. The molecule has 0 aliphatic heterocycles. The van der Waals surface area contributed by atoms with Gasteiger partial charge in [0.15, 0.2) is 0 Å². The van der Waals surface area contributed by atoms with Crippen LogP contribution < -0.4 is 5.32 Å². The Bertz CT molecular complexity index is 552. The van der Waals surface area contributed by atoms with Gasteiger partial charge < -0.3 is 5.32 Å². The minimum absolute atomic E-state index is 0.609. The van der Waals surface area contributed by atoms with Crippen LogP contribution in [0.3, 0.4) is 0 Å². The van der Waals surface area contributed by atoms with E-state index in [1.165, 1.54) is 18.1 Å². The molecule has 0 unspecified atom stereocenters. The summed E-state index contributed by atoms with van der Waals surface area (Å²) in [6.07, 6.45) is 3.22. The van der Waals surface area contributed by atoms with Crippen molar-refractivity contribution in [1.82, 2.24) is 15.0 Å². The van der Waals surface area contributed by atoms with Gasteiger partial charge in [0, 0.05) is 12.7 Å². The Morgan fingerprint density at radius 2 is 2.17 bits per heavy atom. The summed E-state index contributed by atoms with van der Waals surface area (Å²) < 4.78 is 0.818. The summed E-state index contributed by atoms with van der Waals surface area (Å²) in [5.74, 6) is 0.766. The third-order valence-corrected chi connectivity index (χ3v) is 4.47. The summed E-state index contributed by atoms with van der Waals surface area (Å²) in [6.45, 7) is 2.81. The van der Waals surface area contributed by atoms with Crippen molar-refractivity contribution in [3.8, 4) is 0 Å². The van der Waals surface area contributed by atoms with Gasteiger partial charge in [-0.2, -0.15) is 0 Å². The van der Waals surface area contributed by atoms with E-state index in [0.29, 0.717) is 5.02 Å². The zero-order valence-electron chi connectivity index (χ0n) is 9.52. The van der Waals surface area contributed by atoms with E-state index in [0.717, 1.165) is 26.9 Å². The molecule has 0 saturated carbocycles. The maximum atomic E-state index is 6.07. The molecule has 0 bridgehead atoms. The second kappa shape index (κ2) is 6.36. The fourth-order valence-corrected chi connectivity index (χ4v) is 2.83. The molecular weight excluding hydrogens is 336 g/mol. The first-order chi connectivity index (χ1) is 8.72. The van der Waals surface area contributed by atoms with Crippen molar-refractivity contribution in [2.75, 3.05) is 11.9 Å². The minimum Gasteiger partial charge on any atom is -0.369 e. The predicted molar refractivity (Wildman–Crippen MR) is 77.3 cm³/mol. The van der Waals surface area contributed by atoms with Crippen LogP contribution in [0.4, 0.5) is 5.82 Å². The molecular formula is C11H10BrClN4S. The smallest absolute Gasteiger partial charge is 0.144 e. The number of aromatic nitrogens is 3. The predicted octanol–water partition coefficient (Wildman–Crippen LogP) is 3.87. The number of anilines is 1. The van der Waals surface area contributed by atoms with E-state index in [1.807, 2.05) is 6.92 Å². The highest BCUT2D eigenvalue weighted by atomic mass is 79.9. The van der Waals surface area contributed by atoms with E-state index < -0.39 is 0 Å². The summed E-state index contributed by atoms with van der Waals surface area (Å²) in [7, 11) is 0. The molecule has 0 aromatic carbocycles. The highest BCUT2D eigenvalue weighted by Gasteiger charge is 2.11. The molecule has 2 heterocycles. The summed E-state index contributed by atoms with van der Waals surface area (Å²) in [5.41, 5.74) is 0. The standard InChI is InChI=1S/C11H10BrClN4S/c1-2-14-9-8(12)11(17-6-16-9)18-10-7(13)4-3-5-15-10/h3-6H,2H2,1H3,(H,14,16,17). The molecule has 2 aromatic heterocycles. The summed E-state index contributed by atoms with van der Waals surface area (Å²) in [5, 5.41) is 5.26. The lowest BCUT2D eigenvalue weighted by Crippen LogP contribution is -2.01. The second-order valence-corrected chi connectivity index (χ2v) is 5.44. The summed E-state index contributed by atoms with van der Waals surface area (Å²) in [6, 6.07) is 3.60. The lowest BCUT2D eigenvalue weighted by atomic mass is 10.5. The largest absolute Gasteiger partial charge is 0.369 e. The zero-order valence-corrected chi connectivity index (χ0v) is 12.7. The SMILES string of the molecule is CCNc1ncnc(Sc2ncccc2Cl)c1Br. The number of halogens is 2. The van der Waals surface area contributed by atoms with Gasteiger partial charge in [-0.3, -0.25) is 0 Å². The maximum absolute atomic E-state index is 6.07. The van der Waals surface area contributed by atoms with E-state index in [4.69, 9.17) is 11.6 Å². The van der Waals surface area contributed by atoms with Crippen molar-refractivity contribution in [2.45, 2.75) is 17.0 Å². The Balaban J connectivity index is 2.30. The highest BCUT2D eigenvalue weighted by molar-refractivity contribution is 9.10. The topological polar surface area (TPSA) is 50.7 Å². The van der Waals surface area contributed by atoms with Gasteiger partial charge in [0.2, 0.25) is 0 Å². The van der Waals surface area contributed by atoms with Gasteiger partial charge in [-0.25, -0.2) is 15.0 Å². The quantitative estimate of drug-likeness (QED) is 0.852. The van der Waals surface area contributed by atoms with Crippen LogP contribution in [-0.2, 0) is 0 Å². The maximum Gasteiger partial charge on any atom is 0.144 e. The van der Waals surface area contributed by atoms with Crippen LogP contribution in [-0.4, -0.2) is 21.5 Å². The Labute approximate surface area is 123 Å². The fraction of sp³-hybridized carbons (Fsp3) is 0.182. The molecule has 7 heteroatoms. The number of rotatable bonds is 4. The normalized spacial score (nSPS) is 10.4. The van der Waals surface area contributed by atoms with Crippen LogP contribution >= 0.6 is 39.3 Å². The molecule has 0 saturated heterocycles. The van der Waals surface area contributed by atoms with E-state index in [2.05, 4.69) is 36.2 Å². The molecule has 0 aliphatic rings. The van der Waals surface area contributed by atoms with Crippen molar-refractivity contribution in [3.63, 3.8) is 0 Å². The van der Waals surface area contributed by atoms with Crippen LogP contribution in [0.2, 0.25) is 5.02 Å². The third-order valence-electron chi connectivity index (χ3n) is 2.02. The van der Waals surface area contributed by atoms with Crippen LogP contribution in [0, 0.1) is 0 Å². The van der Waals surface area contributed by atoms with Gasteiger partial charge in [-0.05, 0) is 46.7 Å². The van der Waals surface area contributed by atoms with Crippen molar-refractivity contribution in [2.24, 2.45) is 0 Å². The number of nitrogens with zero attached hydrogens (tertiary/aromatic N) is 3. The van der Waals surface area contributed by atoms with Gasteiger partial charge in [-0.1, -0.05) is 11.6 Å². The first kappa shape index (κ1) is 13.6. The number of nitrogens with one attached hydrogen (secondary N) is 1. The first-order valence-corrected chi connectivity index (χ1v) is 7.24. The Hall–Kier alpha value is -0.850. The molecule has 18 heavy (non-hydrogen) atoms.